The van der Waals surface area contributed by atoms with Crippen LogP contribution in [0.2, 0.25) is 0 Å². The van der Waals surface area contributed by atoms with Crippen LogP contribution >= 0.6 is 0 Å². The van der Waals surface area contributed by atoms with E-state index in [0.717, 1.165) is 0 Å². The average Bonchev–Trinajstić information content (AvgIpc) is 2.10. The molecular formula is C9H11FO. The topological polar surface area (TPSA) is 9.23 Å². The summed E-state index contributed by atoms with van der Waals surface area (Å²) in [6.07, 6.45) is 8.06. The SMILES string of the molecule is COC1=CC(C)(F)C=CC=C1. The molecule has 1 rings (SSSR count). The van der Waals surface area contributed by atoms with Gasteiger partial charge in [-0.2, -0.15) is 0 Å². The molecule has 0 aromatic heterocycles. The Morgan fingerprint density at radius 1 is 1.45 bits per heavy atom. The highest BCUT2D eigenvalue weighted by Crippen LogP contribution is 2.19. The van der Waals surface area contributed by atoms with E-state index in [1.165, 1.54) is 26.2 Å². The van der Waals surface area contributed by atoms with Crippen LogP contribution in [0.25, 0.3) is 0 Å². The van der Waals surface area contributed by atoms with Gasteiger partial charge in [0.1, 0.15) is 11.4 Å². The van der Waals surface area contributed by atoms with Gasteiger partial charge >= 0.3 is 0 Å². The minimum atomic E-state index is -1.39. The number of halogens is 1. The monoisotopic (exact) mass is 154 g/mol. The molecule has 2 heteroatoms. The summed E-state index contributed by atoms with van der Waals surface area (Å²) in [4.78, 5) is 0. The Hall–Kier alpha value is -1.05. The summed E-state index contributed by atoms with van der Waals surface area (Å²) >= 11 is 0. The van der Waals surface area contributed by atoms with Crippen LogP contribution in [0.5, 0.6) is 0 Å². The third-order valence-electron chi connectivity index (χ3n) is 1.45. The highest BCUT2D eigenvalue weighted by Gasteiger charge is 2.17. The zero-order valence-corrected chi connectivity index (χ0v) is 6.67. The van der Waals surface area contributed by atoms with E-state index >= 15 is 0 Å². The van der Waals surface area contributed by atoms with E-state index in [0.29, 0.717) is 5.76 Å². The molecule has 0 radical (unpaired) electrons. The molecule has 0 spiro atoms. The van der Waals surface area contributed by atoms with Crippen LogP contribution in [0.4, 0.5) is 4.39 Å². The molecule has 0 bridgehead atoms. The molecule has 0 fully saturated rings. The Bertz CT molecular complexity index is 224. The number of alkyl halides is 1. The van der Waals surface area contributed by atoms with E-state index in [1.54, 1.807) is 18.2 Å². The van der Waals surface area contributed by atoms with Gasteiger partial charge in [0.15, 0.2) is 0 Å². The van der Waals surface area contributed by atoms with E-state index in [2.05, 4.69) is 0 Å². The smallest absolute Gasteiger partial charge is 0.148 e. The highest BCUT2D eigenvalue weighted by molar-refractivity contribution is 5.29. The number of hydrogen-bond acceptors (Lipinski definition) is 1. The van der Waals surface area contributed by atoms with Crippen molar-refractivity contribution in [2.45, 2.75) is 12.6 Å². The van der Waals surface area contributed by atoms with Gasteiger partial charge < -0.3 is 4.74 Å². The van der Waals surface area contributed by atoms with Crippen molar-refractivity contribution in [1.82, 2.24) is 0 Å². The van der Waals surface area contributed by atoms with Gasteiger partial charge in [-0.05, 0) is 25.2 Å². The summed E-state index contributed by atoms with van der Waals surface area (Å²) in [6, 6.07) is 0. The Kier molecular flexibility index (Phi) is 2.13. The van der Waals surface area contributed by atoms with Crippen molar-refractivity contribution in [1.29, 1.82) is 0 Å². The molecule has 11 heavy (non-hydrogen) atoms. The fourth-order valence-corrected chi connectivity index (χ4v) is 0.895. The maximum absolute atomic E-state index is 13.3. The maximum Gasteiger partial charge on any atom is 0.148 e. The predicted octanol–water partition coefficient (Wildman–Crippen LogP) is 2.37. The van der Waals surface area contributed by atoms with Crippen LogP contribution in [0.15, 0.2) is 36.1 Å². The minimum absolute atomic E-state index is 0.556. The van der Waals surface area contributed by atoms with Crippen LogP contribution in [0.3, 0.4) is 0 Å². The zero-order valence-electron chi connectivity index (χ0n) is 6.67. The third-order valence-corrected chi connectivity index (χ3v) is 1.45. The normalized spacial score (nSPS) is 29.5. The standard InChI is InChI=1S/C9H11FO/c1-9(10)6-4-3-5-8(7-9)11-2/h3-7H,1-2H3. The number of hydrogen-bond donors (Lipinski definition) is 0. The van der Waals surface area contributed by atoms with E-state index in [-0.39, 0.29) is 0 Å². The quantitative estimate of drug-likeness (QED) is 0.563. The van der Waals surface area contributed by atoms with Gasteiger partial charge in [-0.3, -0.25) is 0 Å². The third kappa shape index (κ3) is 2.22. The van der Waals surface area contributed by atoms with Gasteiger partial charge in [0.05, 0.1) is 7.11 Å². The molecule has 0 aromatic carbocycles. The molecule has 60 valence electrons. The van der Waals surface area contributed by atoms with Gasteiger partial charge in [0.2, 0.25) is 0 Å². The van der Waals surface area contributed by atoms with Crippen molar-refractivity contribution < 1.29 is 9.13 Å². The largest absolute Gasteiger partial charge is 0.497 e. The van der Waals surface area contributed by atoms with Crippen molar-refractivity contribution in [2.24, 2.45) is 0 Å². The van der Waals surface area contributed by atoms with Crippen LogP contribution in [-0.2, 0) is 4.74 Å². The Morgan fingerprint density at radius 3 is 2.82 bits per heavy atom. The molecule has 0 heterocycles. The number of rotatable bonds is 1. The van der Waals surface area contributed by atoms with Crippen molar-refractivity contribution >= 4 is 0 Å². The second-order valence-corrected chi connectivity index (χ2v) is 2.62. The lowest BCUT2D eigenvalue weighted by atomic mass is 10.1. The molecule has 0 aromatic rings. The van der Waals surface area contributed by atoms with Crippen LogP contribution in [-0.4, -0.2) is 12.8 Å². The first-order valence-corrected chi connectivity index (χ1v) is 3.46. The summed E-state index contributed by atoms with van der Waals surface area (Å²) in [5, 5.41) is 0. The highest BCUT2D eigenvalue weighted by atomic mass is 19.1. The Morgan fingerprint density at radius 2 is 2.18 bits per heavy atom. The molecule has 1 unspecified atom stereocenters. The van der Waals surface area contributed by atoms with Gasteiger partial charge in [0.25, 0.3) is 0 Å². The van der Waals surface area contributed by atoms with Gasteiger partial charge in [-0.25, -0.2) is 4.39 Å². The Labute approximate surface area is 65.9 Å². The molecular weight excluding hydrogens is 143 g/mol. The lowest BCUT2D eigenvalue weighted by molar-refractivity contribution is 0.279. The average molecular weight is 154 g/mol. The van der Waals surface area contributed by atoms with E-state index in [1.807, 2.05) is 0 Å². The summed E-state index contributed by atoms with van der Waals surface area (Å²) in [7, 11) is 1.53. The fraction of sp³-hybridized carbons (Fsp3) is 0.333. The van der Waals surface area contributed by atoms with Crippen LogP contribution < -0.4 is 0 Å². The predicted molar refractivity (Wildman–Crippen MR) is 42.9 cm³/mol. The van der Waals surface area contributed by atoms with Crippen LogP contribution in [0, 0.1) is 0 Å². The molecule has 0 saturated carbocycles. The second-order valence-electron chi connectivity index (χ2n) is 2.62. The Balaban J connectivity index is 2.90. The summed E-state index contributed by atoms with van der Waals surface area (Å²) in [5.74, 6) is 0.556. The molecule has 1 nitrogen and oxygen atoms in total. The van der Waals surface area contributed by atoms with Gasteiger partial charge in [0, 0.05) is 0 Å². The molecule has 1 aliphatic rings. The number of ether oxygens (including phenoxy) is 1. The first kappa shape index (κ1) is 8.05. The molecule has 1 atom stereocenters. The fourth-order valence-electron chi connectivity index (χ4n) is 0.895. The van der Waals surface area contributed by atoms with Crippen molar-refractivity contribution in [3.63, 3.8) is 0 Å². The van der Waals surface area contributed by atoms with Gasteiger partial charge in [-0.15, -0.1) is 0 Å². The van der Waals surface area contributed by atoms with Crippen molar-refractivity contribution in [3.05, 3.63) is 36.1 Å². The minimum Gasteiger partial charge on any atom is -0.497 e. The van der Waals surface area contributed by atoms with E-state index < -0.39 is 5.67 Å². The summed E-state index contributed by atoms with van der Waals surface area (Å²) < 4.78 is 18.2. The molecule has 0 amide bonds. The molecule has 1 aliphatic carbocycles. The molecule has 0 saturated heterocycles. The first-order chi connectivity index (χ1) is 5.14. The van der Waals surface area contributed by atoms with Crippen LogP contribution in [0.1, 0.15) is 6.92 Å². The lowest BCUT2D eigenvalue weighted by Crippen LogP contribution is -2.09. The van der Waals surface area contributed by atoms with E-state index in [4.69, 9.17) is 4.74 Å². The lowest BCUT2D eigenvalue weighted by Gasteiger charge is -2.09. The number of allylic oxidation sites excluding steroid dienone is 5. The zero-order chi connectivity index (χ0) is 8.32. The molecule has 0 N–H and O–H groups in total. The van der Waals surface area contributed by atoms with Crippen molar-refractivity contribution in [3.8, 4) is 0 Å². The second kappa shape index (κ2) is 2.91. The summed E-state index contributed by atoms with van der Waals surface area (Å²) in [5.41, 5.74) is -1.39. The maximum atomic E-state index is 13.3. The van der Waals surface area contributed by atoms with E-state index in [9.17, 15) is 4.39 Å². The number of methoxy groups -OCH3 is 1. The first-order valence-electron chi connectivity index (χ1n) is 3.46. The van der Waals surface area contributed by atoms with Crippen molar-refractivity contribution in [2.75, 3.05) is 7.11 Å². The molecule has 0 aliphatic heterocycles. The summed E-state index contributed by atoms with van der Waals surface area (Å²) in [6.45, 7) is 1.48. The van der Waals surface area contributed by atoms with Gasteiger partial charge in [-0.1, -0.05) is 12.2 Å².